The number of hydrogen-bond acceptors (Lipinski definition) is 4. The van der Waals surface area contributed by atoms with Gasteiger partial charge in [0.25, 0.3) is 0 Å². The number of hydrogen-bond donors (Lipinski definition) is 1. The van der Waals surface area contributed by atoms with Crippen LogP contribution in [0, 0.1) is 0 Å². The summed E-state index contributed by atoms with van der Waals surface area (Å²) in [6.45, 7) is 0. The molecule has 1 aromatic rings. The van der Waals surface area contributed by atoms with Crippen molar-refractivity contribution in [3.8, 4) is 0 Å². The van der Waals surface area contributed by atoms with Gasteiger partial charge in [-0.25, -0.2) is 9.48 Å². The summed E-state index contributed by atoms with van der Waals surface area (Å²) in [6, 6.07) is 0. The zero-order chi connectivity index (χ0) is 10.2. The molecule has 0 spiro atoms. The number of nitrogens with zero attached hydrogens (tertiary/aromatic N) is 3. The van der Waals surface area contributed by atoms with Gasteiger partial charge in [-0.15, -0.1) is 5.10 Å². The quantitative estimate of drug-likeness (QED) is 0.795. The fraction of sp³-hybridized carbons (Fsp3) is 0.625. The van der Waals surface area contributed by atoms with Crippen molar-refractivity contribution in [2.24, 2.45) is 0 Å². The first kappa shape index (κ1) is 9.51. The number of thioether (sulfide) groups is 1. The predicted octanol–water partition coefficient (Wildman–Crippen LogP) is 0.583. The molecule has 0 amide bonds. The standard InChI is InChI=1S/C8H11N3O2S/c1-14-6-4-8(5-6,7(12)13)11-3-2-9-10-11/h2-3,6H,4-5H2,1H3,(H,12,13). The minimum atomic E-state index is -0.843. The van der Waals surface area contributed by atoms with Gasteiger partial charge in [-0.1, -0.05) is 5.21 Å². The third-order valence-electron chi connectivity index (χ3n) is 2.72. The second-order valence-corrected chi connectivity index (χ2v) is 4.59. The van der Waals surface area contributed by atoms with Crippen LogP contribution in [0.3, 0.4) is 0 Å². The maximum Gasteiger partial charge on any atom is 0.331 e. The average molecular weight is 213 g/mol. The molecular formula is C8H11N3O2S. The van der Waals surface area contributed by atoms with Crippen LogP contribution in [-0.2, 0) is 10.3 Å². The molecule has 0 atom stereocenters. The zero-order valence-corrected chi connectivity index (χ0v) is 8.57. The molecule has 2 rings (SSSR count). The average Bonchev–Trinajstić information content (AvgIpc) is 2.55. The van der Waals surface area contributed by atoms with Crippen LogP contribution in [0.5, 0.6) is 0 Å². The molecule has 76 valence electrons. The Morgan fingerprint density at radius 1 is 1.71 bits per heavy atom. The van der Waals surface area contributed by atoms with E-state index in [0.717, 1.165) is 0 Å². The molecule has 14 heavy (non-hydrogen) atoms. The lowest BCUT2D eigenvalue weighted by molar-refractivity contribution is -0.153. The Balaban J connectivity index is 2.23. The number of aliphatic carboxylic acids is 1. The summed E-state index contributed by atoms with van der Waals surface area (Å²) in [7, 11) is 0. The summed E-state index contributed by atoms with van der Waals surface area (Å²) in [5, 5.41) is 17.0. The Hall–Kier alpha value is -1.04. The predicted molar refractivity (Wildman–Crippen MR) is 52.2 cm³/mol. The van der Waals surface area contributed by atoms with Crippen molar-refractivity contribution in [1.29, 1.82) is 0 Å². The Kier molecular flexibility index (Phi) is 2.22. The fourth-order valence-electron chi connectivity index (χ4n) is 1.76. The lowest BCUT2D eigenvalue weighted by Gasteiger charge is -2.42. The molecule has 0 saturated heterocycles. The van der Waals surface area contributed by atoms with E-state index < -0.39 is 11.5 Å². The van der Waals surface area contributed by atoms with Crippen molar-refractivity contribution in [1.82, 2.24) is 15.0 Å². The first-order valence-corrected chi connectivity index (χ1v) is 5.61. The first-order valence-electron chi connectivity index (χ1n) is 4.32. The number of carboxylic acid groups (broad SMARTS) is 1. The van der Waals surface area contributed by atoms with Gasteiger partial charge in [0.2, 0.25) is 0 Å². The minimum Gasteiger partial charge on any atom is -0.479 e. The second kappa shape index (κ2) is 3.27. The van der Waals surface area contributed by atoms with Gasteiger partial charge < -0.3 is 5.11 Å². The Bertz CT molecular complexity index is 332. The zero-order valence-electron chi connectivity index (χ0n) is 7.75. The lowest BCUT2D eigenvalue weighted by Crippen LogP contribution is -2.54. The van der Waals surface area contributed by atoms with Crippen molar-refractivity contribution < 1.29 is 9.90 Å². The molecule has 0 aromatic carbocycles. The van der Waals surface area contributed by atoms with Crippen molar-refractivity contribution in [2.75, 3.05) is 6.26 Å². The molecule has 1 heterocycles. The minimum absolute atomic E-state index is 0.426. The van der Waals surface area contributed by atoms with Crippen LogP contribution in [0.1, 0.15) is 12.8 Å². The third kappa shape index (κ3) is 1.21. The molecule has 1 aliphatic carbocycles. The summed E-state index contributed by atoms with van der Waals surface area (Å²) in [4.78, 5) is 11.2. The molecule has 1 N–H and O–H groups in total. The molecule has 0 aliphatic heterocycles. The highest BCUT2D eigenvalue weighted by Gasteiger charge is 2.52. The SMILES string of the molecule is CSC1CC(C(=O)O)(n2ccnn2)C1. The van der Waals surface area contributed by atoms with E-state index in [4.69, 9.17) is 0 Å². The van der Waals surface area contributed by atoms with Gasteiger partial charge in [-0.05, 0) is 19.1 Å². The Morgan fingerprint density at radius 3 is 2.86 bits per heavy atom. The summed E-state index contributed by atoms with van der Waals surface area (Å²) >= 11 is 1.70. The number of carboxylic acids is 1. The van der Waals surface area contributed by atoms with E-state index in [1.165, 1.54) is 10.9 Å². The summed E-state index contributed by atoms with van der Waals surface area (Å²) in [5.41, 5.74) is -0.843. The van der Waals surface area contributed by atoms with E-state index in [2.05, 4.69) is 10.3 Å². The number of carbonyl (C=O) groups is 1. The normalized spacial score (nSPS) is 31.1. The summed E-state index contributed by atoms with van der Waals surface area (Å²) < 4.78 is 1.46. The van der Waals surface area contributed by atoms with Gasteiger partial charge in [-0.3, -0.25) is 0 Å². The van der Waals surface area contributed by atoms with E-state index >= 15 is 0 Å². The fourth-order valence-corrected chi connectivity index (χ4v) is 2.64. The van der Waals surface area contributed by atoms with Gasteiger partial charge in [0.05, 0.1) is 6.20 Å². The van der Waals surface area contributed by atoms with Crippen LogP contribution in [-0.4, -0.2) is 37.6 Å². The first-order chi connectivity index (χ1) is 6.69. The molecule has 5 nitrogen and oxygen atoms in total. The van der Waals surface area contributed by atoms with Gasteiger partial charge in [0, 0.05) is 11.4 Å². The van der Waals surface area contributed by atoms with Crippen LogP contribution in [0.15, 0.2) is 12.4 Å². The Labute approximate surface area is 85.5 Å². The maximum atomic E-state index is 11.2. The van der Waals surface area contributed by atoms with E-state index in [9.17, 15) is 9.90 Å². The number of aromatic nitrogens is 3. The third-order valence-corrected chi connectivity index (χ3v) is 3.72. The Morgan fingerprint density at radius 2 is 2.43 bits per heavy atom. The summed E-state index contributed by atoms with van der Waals surface area (Å²) in [6.07, 6.45) is 6.39. The monoisotopic (exact) mass is 213 g/mol. The van der Waals surface area contributed by atoms with Crippen LogP contribution >= 0.6 is 11.8 Å². The highest BCUT2D eigenvalue weighted by atomic mass is 32.2. The largest absolute Gasteiger partial charge is 0.479 e. The highest BCUT2D eigenvalue weighted by molar-refractivity contribution is 7.99. The van der Waals surface area contributed by atoms with Crippen molar-refractivity contribution in [3.05, 3.63) is 12.4 Å². The van der Waals surface area contributed by atoms with Crippen LogP contribution < -0.4 is 0 Å². The summed E-state index contributed by atoms with van der Waals surface area (Å²) in [5.74, 6) is -0.812. The second-order valence-electron chi connectivity index (χ2n) is 3.45. The van der Waals surface area contributed by atoms with Crippen LogP contribution in [0.2, 0.25) is 0 Å². The lowest BCUT2D eigenvalue weighted by atomic mass is 9.76. The molecule has 0 bridgehead atoms. The molecule has 1 saturated carbocycles. The molecule has 0 unspecified atom stereocenters. The topological polar surface area (TPSA) is 68.0 Å². The van der Waals surface area contributed by atoms with Gasteiger partial charge in [0.15, 0.2) is 5.54 Å². The van der Waals surface area contributed by atoms with Crippen molar-refractivity contribution in [2.45, 2.75) is 23.6 Å². The molecule has 6 heteroatoms. The molecule has 1 fully saturated rings. The van der Waals surface area contributed by atoms with Crippen molar-refractivity contribution >= 4 is 17.7 Å². The van der Waals surface area contributed by atoms with Gasteiger partial charge in [-0.2, -0.15) is 11.8 Å². The van der Waals surface area contributed by atoms with E-state index in [-0.39, 0.29) is 0 Å². The molecule has 1 aliphatic rings. The van der Waals surface area contributed by atoms with Crippen LogP contribution in [0.4, 0.5) is 0 Å². The van der Waals surface area contributed by atoms with Crippen molar-refractivity contribution in [3.63, 3.8) is 0 Å². The number of rotatable bonds is 3. The van der Waals surface area contributed by atoms with E-state index in [1.54, 1.807) is 18.0 Å². The van der Waals surface area contributed by atoms with Crippen LogP contribution in [0.25, 0.3) is 0 Å². The van der Waals surface area contributed by atoms with E-state index in [0.29, 0.717) is 18.1 Å². The smallest absolute Gasteiger partial charge is 0.331 e. The molecule has 1 aromatic heterocycles. The van der Waals surface area contributed by atoms with Gasteiger partial charge in [0.1, 0.15) is 0 Å². The van der Waals surface area contributed by atoms with Gasteiger partial charge >= 0.3 is 5.97 Å². The van der Waals surface area contributed by atoms with E-state index in [1.807, 2.05) is 6.26 Å². The highest BCUT2D eigenvalue weighted by Crippen LogP contribution is 2.44. The maximum absolute atomic E-state index is 11.2. The molecular weight excluding hydrogens is 202 g/mol. The molecule has 0 radical (unpaired) electrons.